The number of pyridine rings is 1. The fourth-order valence-electron chi connectivity index (χ4n) is 1.47. The van der Waals surface area contributed by atoms with Gasteiger partial charge in [-0.05, 0) is 32.0 Å². The van der Waals surface area contributed by atoms with E-state index in [1.165, 1.54) is 0 Å². The number of sulfone groups is 1. The summed E-state index contributed by atoms with van der Waals surface area (Å²) in [6, 6.07) is 7.21. The van der Waals surface area contributed by atoms with Crippen molar-refractivity contribution in [3.63, 3.8) is 0 Å². The zero-order valence-electron chi connectivity index (χ0n) is 10.8. The van der Waals surface area contributed by atoms with Crippen LogP contribution < -0.4 is 0 Å². The van der Waals surface area contributed by atoms with Gasteiger partial charge in [0.05, 0.1) is 16.6 Å². The number of aromatic nitrogens is 3. The average Bonchev–Trinajstić information content (AvgIpc) is 2.39. The largest absolute Gasteiger partial charge is 0.255 e. The molecule has 19 heavy (non-hydrogen) atoms. The van der Waals surface area contributed by atoms with Gasteiger partial charge in [0.15, 0.2) is 9.84 Å². The molecule has 0 saturated heterocycles. The number of hydrogen-bond acceptors (Lipinski definition) is 5. The minimum Gasteiger partial charge on any atom is -0.255 e. The number of hydrogen-bond donors (Lipinski definition) is 0. The Morgan fingerprint density at radius 2 is 1.84 bits per heavy atom. The van der Waals surface area contributed by atoms with E-state index < -0.39 is 15.1 Å². The summed E-state index contributed by atoms with van der Waals surface area (Å²) >= 11 is 0. The summed E-state index contributed by atoms with van der Waals surface area (Å²) in [4.78, 5) is 12.5. The van der Waals surface area contributed by atoms with Crippen molar-refractivity contribution in [2.75, 3.05) is 0 Å². The molecule has 5 nitrogen and oxygen atoms in total. The maximum atomic E-state index is 11.9. The second kappa shape index (κ2) is 5.44. The van der Waals surface area contributed by atoms with E-state index >= 15 is 0 Å². The number of rotatable bonds is 4. The Balaban J connectivity index is 2.31. The van der Waals surface area contributed by atoms with Crippen molar-refractivity contribution in [3.05, 3.63) is 42.5 Å². The van der Waals surface area contributed by atoms with E-state index in [-0.39, 0.29) is 5.75 Å². The van der Waals surface area contributed by atoms with Crippen LogP contribution in [0.4, 0.5) is 0 Å². The molecular formula is C13H15N3O2S. The van der Waals surface area contributed by atoms with Crippen molar-refractivity contribution in [3.8, 4) is 11.4 Å². The molecule has 6 heteroatoms. The molecule has 0 aromatic carbocycles. The Labute approximate surface area is 112 Å². The first-order chi connectivity index (χ1) is 8.99. The Kier molecular flexibility index (Phi) is 3.90. The first-order valence-corrected chi connectivity index (χ1v) is 7.65. The smallest absolute Gasteiger partial charge is 0.159 e. The van der Waals surface area contributed by atoms with E-state index in [9.17, 15) is 8.42 Å². The molecule has 0 spiro atoms. The van der Waals surface area contributed by atoms with Crippen LogP contribution in [0.15, 0.2) is 36.7 Å². The summed E-state index contributed by atoms with van der Waals surface area (Å²) in [5.41, 5.74) is 1.33. The molecule has 0 saturated carbocycles. The fraction of sp³-hybridized carbons (Fsp3) is 0.308. The van der Waals surface area contributed by atoms with Gasteiger partial charge in [0, 0.05) is 12.4 Å². The summed E-state index contributed by atoms with van der Waals surface area (Å²) in [5, 5.41) is -0.436. The van der Waals surface area contributed by atoms with E-state index in [0.29, 0.717) is 17.2 Å². The lowest BCUT2D eigenvalue weighted by Gasteiger charge is -2.07. The van der Waals surface area contributed by atoms with Crippen molar-refractivity contribution in [2.24, 2.45) is 0 Å². The van der Waals surface area contributed by atoms with Crippen LogP contribution in [-0.4, -0.2) is 28.6 Å². The summed E-state index contributed by atoms with van der Waals surface area (Å²) < 4.78 is 23.7. The molecule has 0 fully saturated rings. The minimum atomic E-state index is -3.20. The van der Waals surface area contributed by atoms with Crippen molar-refractivity contribution in [2.45, 2.75) is 24.9 Å². The van der Waals surface area contributed by atoms with Gasteiger partial charge in [-0.25, -0.2) is 18.4 Å². The molecule has 2 rings (SSSR count). The van der Waals surface area contributed by atoms with Gasteiger partial charge in [-0.1, -0.05) is 6.07 Å². The monoisotopic (exact) mass is 277 g/mol. The minimum absolute atomic E-state index is 0.147. The van der Waals surface area contributed by atoms with Gasteiger partial charge < -0.3 is 0 Å². The Morgan fingerprint density at radius 3 is 2.47 bits per heavy atom. The first-order valence-electron chi connectivity index (χ1n) is 5.94. The van der Waals surface area contributed by atoms with Crippen LogP contribution >= 0.6 is 0 Å². The summed E-state index contributed by atoms with van der Waals surface area (Å²) in [6.07, 6.45) is 3.23. The van der Waals surface area contributed by atoms with Crippen molar-refractivity contribution >= 4 is 9.84 Å². The van der Waals surface area contributed by atoms with Crippen LogP contribution in [0, 0.1) is 0 Å². The lowest BCUT2D eigenvalue weighted by atomic mass is 10.2. The van der Waals surface area contributed by atoms with Crippen molar-refractivity contribution in [1.82, 2.24) is 15.0 Å². The zero-order valence-corrected chi connectivity index (χ0v) is 11.6. The Hall–Kier alpha value is -1.82. The van der Waals surface area contributed by atoms with Crippen molar-refractivity contribution in [1.29, 1.82) is 0 Å². The van der Waals surface area contributed by atoms with Gasteiger partial charge in [0.25, 0.3) is 0 Å². The molecule has 0 N–H and O–H groups in total. The molecule has 0 amide bonds. The third-order valence-electron chi connectivity index (χ3n) is 2.68. The molecule has 2 aromatic heterocycles. The topological polar surface area (TPSA) is 72.8 Å². The van der Waals surface area contributed by atoms with Crippen LogP contribution in [0.2, 0.25) is 0 Å². The van der Waals surface area contributed by atoms with E-state index in [1.54, 1.807) is 32.3 Å². The summed E-state index contributed by atoms with van der Waals surface area (Å²) in [7, 11) is -3.20. The quantitative estimate of drug-likeness (QED) is 0.853. The molecule has 2 heterocycles. The van der Waals surface area contributed by atoms with Gasteiger partial charge >= 0.3 is 0 Å². The van der Waals surface area contributed by atoms with Crippen molar-refractivity contribution < 1.29 is 8.42 Å². The highest BCUT2D eigenvalue weighted by Crippen LogP contribution is 2.14. The Bertz CT molecular complexity index is 655. The fourth-order valence-corrected chi connectivity index (χ4v) is 2.30. The molecule has 2 aromatic rings. The van der Waals surface area contributed by atoms with Gasteiger partial charge in [0.1, 0.15) is 11.6 Å². The molecule has 0 aliphatic carbocycles. The second-order valence-electron chi connectivity index (χ2n) is 4.43. The van der Waals surface area contributed by atoms with Gasteiger partial charge in [0.2, 0.25) is 0 Å². The SMILES string of the molecule is CC(C)S(=O)(=O)Cc1nccc(-c2ccccn2)n1. The van der Waals surface area contributed by atoms with Crippen LogP contribution in [0.3, 0.4) is 0 Å². The van der Waals surface area contributed by atoms with E-state index in [1.807, 2.05) is 18.2 Å². The van der Waals surface area contributed by atoms with Crippen LogP contribution in [0.25, 0.3) is 11.4 Å². The van der Waals surface area contributed by atoms with Crippen LogP contribution in [0.1, 0.15) is 19.7 Å². The lowest BCUT2D eigenvalue weighted by molar-refractivity contribution is 0.585. The van der Waals surface area contributed by atoms with Crippen LogP contribution in [0.5, 0.6) is 0 Å². The third-order valence-corrected chi connectivity index (χ3v) is 4.78. The average molecular weight is 277 g/mol. The molecule has 0 atom stereocenters. The third kappa shape index (κ3) is 3.35. The maximum Gasteiger partial charge on any atom is 0.159 e. The highest BCUT2D eigenvalue weighted by atomic mass is 32.2. The summed E-state index contributed by atoms with van der Waals surface area (Å²) in [5.74, 6) is 0.155. The Morgan fingerprint density at radius 1 is 1.05 bits per heavy atom. The number of nitrogens with zero attached hydrogens (tertiary/aromatic N) is 3. The van der Waals surface area contributed by atoms with Gasteiger partial charge in [-0.3, -0.25) is 4.98 Å². The highest BCUT2D eigenvalue weighted by Gasteiger charge is 2.18. The molecule has 0 aliphatic rings. The zero-order chi connectivity index (χ0) is 13.9. The molecular weight excluding hydrogens is 262 g/mol. The van der Waals surface area contributed by atoms with Crippen LogP contribution in [-0.2, 0) is 15.6 Å². The normalized spacial score (nSPS) is 11.7. The van der Waals surface area contributed by atoms with Gasteiger partial charge in [-0.2, -0.15) is 0 Å². The molecule has 100 valence electrons. The highest BCUT2D eigenvalue weighted by molar-refractivity contribution is 7.91. The van der Waals surface area contributed by atoms with E-state index in [0.717, 1.165) is 0 Å². The first kappa shape index (κ1) is 13.6. The predicted octanol–water partition coefficient (Wildman–Crippen LogP) is 1.86. The molecule has 0 aliphatic heterocycles. The molecule has 0 radical (unpaired) electrons. The summed E-state index contributed by atoms with van der Waals surface area (Å²) in [6.45, 7) is 3.30. The standard InChI is InChI=1S/C13H15N3O2S/c1-10(2)19(17,18)9-13-15-8-6-12(16-13)11-5-3-4-7-14-11/h3-8,10H,9H2,1-2H3. The van der Waals surface area contributed by atoms with Gasteiger partial charge in [-0.15, -0.1) is 0 Å². The van der Waals surface area contributed by atoms with E-state index in [2.05, 4.69) is 15.0 Å². The van der Waals surface area contributed by atoms with E-state index in [4.69, 9.17) is 0 Å². The lowest BCUT2D eigenvalue weighted by Crippen LogP contribution is -2.17. The predicted molar refractivity (Wildman–Crippen MR) is 73.0 cm³/mol. The second-order valence-corrected chi connectivity index (χ2v) is 6.99. The molecule has 0 unspecified atom stereocenters. The molecule has 0 bridgehead atoms. The maximum absolute atomic E-state index is 11.9.